The second-order valence-corrected chi connectivity index (χ2v) is 4.37. The van der Waals surface area contributed by atoms with Crippen LogP contribution in [0.15, 0.2) is 48.8 Å². The highest BCUT2D eigenvalue weighted by atomic mass is 14.6. The molecule has 0 aliphatic rings. The fourth-order valence-electron chi connectivity index (χ4n) is 2.25. The third-order valence-corrected chi connectivity index (χ3v) is 3.38. The highest BCUT2D eigenvalue weighted by Gasteiger charge is 2.10. The maximum Gasteiger partial charge on any atom is 0.175 e. The first-order chi connectivity index (χ1) is 8.35. The highest BCUT2D eigenvalue weighted by molar-refractivity contribution is 6.73. The highest BCUT2D eigenvalue weighted by Crippen LogP contribution is 2.17. The fraction of sp³-hybridized carbons (Fsp3) is 0.267. The van der Waals surface area contributed by atoms with Crippen LogP contribution in [0.1, 0.15) is 13.8 Å². The summed E-state index contributed by atoms with van der Waals surface area (Å²) in [7, 11) is 0. The Kier molecular flexibility index (Phi) is 3.97. The van der Waals surface area contributed by atoms with E-state index in [1.54, 1.807) is 0 Å². The quantitative estimate of drug-likeness (QED) is 0.723. The van der Waals surface area contributed by atoms with E-state index in [0.717, 1.165) is 0 Å². The second kappa shape index (κ2) is 5.67. The van der Waals surface area contributed by atoms with Crippen molar-refractivity contribution in [3.8, 4) is 11.1 Å². The van der Waals surface area contributed by atoms with Crippen molar-refractivity contribution in [2.45, 2.75) is 26.5 Å². The number of aromatic nitrogens is 1. The molecule has 0 saturated heterocycles. The first-order valence-electron chi connectivity index (χ1n) is 6.35. The molecule has 0 aliphatic carbocycles. The van der Waals surface area contributed by atoms with Crippen LogP contribution in [0, 0.1) is 0 Å². The predicted octanol–water partition coefficient (Wildman–Crippen LogP) is 3.49. The molecule has 0 saturated carbocycles. The van der Waals surface area contributed by atoms with Gasteiger partial charge in [-0.15, -0.1) is 0 Å². The summed E-state index contributed by atoms with van der Waals surface area (Å²) in [5.74, 6) is 0. The molecule has 86 valence electrons. The zero-order chi connectivity index (χ0) is 12.1. The lowest BCUT2D eigenvalue weighted by atomic mass is 9.41. The average Bonchev–Trinajstić information content (AvgIpc) is 2.42. The molecule has 1 aromatic carbocycles. The Morgan fingerprint density at radius 2 is 1.35 bits per heavy atom. The van der Waals surface area contributed by atoms with Gasteiger partial charge in [-0.3, -0.25) is 4.98 Å². The summed E-state index contributed by atoms with van der Waals surface area (Å²) >= 11 is 0. The fourth-order valence-corrected chi connectivity index (χ4v) is 2.25. The predicted molar refractivity (Wildman–Crippen MR) is 76.0 cm³/mol. The number of hydrogen-bond donors (Lipinski definition) is 0. The molecule has 0 spiro atoms. The molecule has 17 heavy (non-hydrogen) atoms. The summed E-state index contributed by atoms with van der Waals surface area (Å²) < 4.78 is 0. The van der Waals surface area contributed by atoms with E-state index >= 15 is 0 Å². The van der Waals surface area contributed by atoms with Crippen molar-refractivity contribution in [1.82, 2.24) is 4.98 Å². The standard InChI is InChI=1S/C15H18BN/c1-3-16(4-2)15-7-5-13(6-8-15)14-9-11-17-12-10-14/h5-12H,3-4H2,1-2H3. The van der Waals surface area contributed by atoms with Gasteiger partial charge in [0.25, 0.3) is 0 Å². The third kappa shape index (κ3) is 2.76. The molecular formula is C15H18BN. The molecule has 0 fully saturated rings. The summed E-state index contributed by atoms with van der Waals surface area (Å²) in [5, 5.41) is 0. The largest absolute Gasteiger partial charge is 0.265 e. The number of pyridine rings is 1. The molecule has 0 radical (unpaired) electrons. The Morgan fingerprint density at radius 3 is 1.88 bits per heavy atom. The lowest BCUT2D eigenvalue weighted by Gasteiger charge is -2.10. The molecule has 2 rings (SSSR count). The SMILES string of the molecule is CCB(CC)c1ccc(-c2ccncc2)cc1. The summed E-state index contributed by atoms with van der Waals surface area (Å²) in [4.78, 5) is 4.04. The topological polar surface area (TPSA) is 12.9 Å². The normalized spacial score (nSPS) is 10.2. The lowest BCUT2D eigenvalue weighted by molar-refractivity contribution is 1.32. The molecule has 0 unspecified atom stereocenters. The van der Waals surface area contributed by atoms with E-state index in [9.17, 15) is 0 Å². The minimum Gasteiger partial charge on any atom is -0.265 e. The molecule has 0 atom stereocenters. The van der Waals surface area contributed by atoms with Gasteiger partial charge < -0.3 is 0 Å². The Bertz CT molecular complexity index is 446. The van der Waals surface area contributed by atoms with E-state index in [0.29, 0.717) is 6.71 Å². The molecule has 0 N–H and O–H groups in total. The van der Waals surface area contributed by atoms with Gasteiger partial charge in [-0.05, 0) is 23.3 Å². The zero-order valence-electron chi connectivity index (χ0n) is 10.6. The lowest BCUT2D eigenvalue weighted by Crippen LogP contribution is -2.27. The first-order valence-corrected chi connectivity index (χ1v) is 6.35. The monoisotopic (exact) mass is 223 g/mol. The molecule has 1 aromatic heterocycles. The average molecular weight is 223 g/mol. The summed E-state index contributed by atoms with van der Waals surface area (Å²) in [5.41, 5.74) is 3.95. The van der Waals surface area contributed by atoms with E-state index < -0.39 is 0 Å². The van der Waals surface area contributed by atoms with E-state index in [4.69, 9.17) is 0 Å². The van der Waals surface area contributed by atoms with Crippen molar-refractivity contribution in [3.05, 3.63) is 48.8 Å². The molecule has 1 nitrogen and oxygen atoms in total. The molecule has 1 heterocycles. The Morgan fingerprint density at radius 1 is 0.824 bits per heavy atom. The Balaban J connectivity index is 2.24. The maximum absolute atomic E-state index is 4.04. The number of benzene rings is 1. The van der Waals surface area contributed by atoms with Crippen LogP contribution in [0.3, 0.4) is 0 Å². The van der Waals surface area contributed by atoms with Crippen molar-refractivity contribution in [2.24, 2.45) is 0 Å². The minimum absolute atomic E-state index is 0.696. The Labute approximate surface area is 104 Å². The molecule has 2 heteroatoms. The van der Waals surface area contributed by atoms with Gasteiger partial charge in [0.15, 0.2) is 6.71 Å². The first kappa shape index (κ1) is 11.9. The number of rotatable bonds is 4. The molecule has 0 amide bonds. The van der Waals surface area contributed by atoms with Crippen LogP contribution >= 0.6 is 0 Å². The van der Waals surface area contributed by atoms with Crippen LogP contribution in [-0.2, 0) is 0 Å². The van der Waals surface area contributed by atoms with Gasteiger partial charge >= 0.3 is 0 Å². The summed E-state index contributed by atoms with van der Waals surface area (Å²) in [6.07, 6.45) is 6.10. The second-order valence-electron chi connectivity index (χ2n) is 4.37. The van der Waals surface area contributed by atoms with Crippen LogP contribution < -0.4 is 5.46 Å². The van der Waals surface area contributed by atoms with Crippen LogP contribution in [-0.4, -0.2) is 11.7 Å². The minimum atomic E-state index is 0.696. The maximum atomic E-state index is 4.04. The third-order valence-electron chi connectivity index (χ3n) is 3.38. The van der Waals surface area contributed by atoms with Crippen molar-refractivity contribution in [1.29, 1.82) is 0 Å². The summed E-state index contributed by atoms with van der Waals surface area (Å²) in [6.45, 7) is 5.21. The van der Waals surface area contributed by atoms with Gasteiger partial charge in [-0.25, -0.2) is 0 Å². The smallest absolute Gasteiger partial charge is 0.175 e. The van der Waals surface area contributed by atoms with Gasteiger partial charge in [0.1, 0.15) is 0 Å². The molecule has 0 bridgehead atoms. The van der Waals surface area contributed by atoms with E-state index in [-0.39, 0.29) is 0 Å². The van der Waals surface area contributed by atoms with E-state index in [2.05, 4.69) is 43.1 Å². The van der Waals surface area contributed by atoms with Gasteiger partial charge in [-0.1, -0.05) is 56.2 Å². The van der Waals surface area contributed by atoms with E-state index in [1.165, 1.54) is 29.2 Å². The number of nitrogens with zero attached hydrogens (tertiary/aromatic N) is 1. The van der Waals surface area contributed by atoms with Crippen LogP contribution in [0.4, 0.5) is 0 Å². The number of hydrogen-bond acceptors (Lipinski definition) is 1. The zero-order valence-corrected chi connectivity index (χ0v) is 10.6. The van der Waals surface area contributed by atoms with Crippen molar-refractivity contribution >= 4 is 12.2 Å². The van der Waals surface area contributed by atoms with Crippen LogP contribution in [0.25, 0.3) is 11.1 Å². The van der Waals surface area contributed by atoms with E-state index in [1.807, 2.05) is 24.5 Å². The van der Waals surface area contributed by atoms with Crippen molar-refractivity contribution < 1.29 is 0 Å². The molecule has 2 aromatic rings. The van der Waals surface area contributed by atoms with Crippen LogP contribution in [0.2, 0.25) is 12.6 Å². The van der Waals surface area contributed by atoms with Crippen molar-refractivity contribution in [2.75, 3.05) is 0 Å². The Hall–Kier alpha value is -1.57. The van der Waals surface area contributed by atoms with Crippen molar-refractivity contribution in [3.63, 3.8) is 0 Å². The molecule has 0 aliphatic heterocycles. The van der Waals surface area contributed by atoms with Gasteiger partial charge in [0.2, 0.25) is 0 Å². The van der Waals surface area contributed by atoms with Gasteiger partial charge in [0, 0.05) is 12.4 Å². The van der Waals surface area contributed by atoms with Crippen LogP contribution in [0.5, 0.6) is 0 Å². The summed E-state index contributed by atoms with van der Waals surface area (Å²) in [6, 6.07) is 13.0. The van der Waals surface area contributed by atoms with Gasteiger partial charge in [-0.2, -0.15) is 0 Å². The molecular weight excluding hydrogens is 205 g/mol. The van der Waals surface area contributed by atoms with Gasteiger partial charge in [0.05, 0.1) is 0 Å².